The Morgan fingerprint density at radius 2 is 1.45 bits per heavy atom. The van der Waals surface area contributed by atoms with Gasteiger partial charge in [-0.25, -0.2) is 0 Å². The molecule has 0 aliphatic heterocycles. The molecule has 0 aliphatic carbocycles. The molecule has 4 nitrogen and oxygen atoms in total. The molecule has 4 heteroatoms. The standard InChI is InChI=1S/C18H26O4/c1-5-21-17(19)16(18(20)22-6-2)12-9-14-7-10-15(11-8-14)13(3)4/h7-8,10-11,13,16H,5-6,9,12H2,1-4H3. The Kier molecular flexibility index (Phi) is 7.64. The molecule has 1 aromatic carbocycles. The van der Waals surface area contributed by atoms with Gasteiger partial charge in [-0.3, -0.25) is 9.59 Å². The van der Waals surface area contributed by atoms with Crippen LogP contribution in [0.3, 0.4) is 0 Å². The molecular weight excluding hydrogens is 280 g/mol. The van der Waals surface area contributed by atoms with Crippen LogP contribution >= 0.6 is 0 Å². The summed E-state index contributed by atoms with van der Waals surface area (Å²) in [7, 11) is 0. The fourth-order valence-corrected chi connectivity index (χ4v) is 2.20. The van der Waals surface area contributed by atoms with Crippen molar-refractivity contribution in [1.29, 1.82) is 0 Å². The highest BCUT2D eigenvalue weighted by Gasteiger charge is 2.29. The van der Waals surface area contributed by atoms with Crippen molar-refractivity contribution in [3.8, 4) is 0 Å². The highest BCUT2D eigenvalue weighted by molar-refractivity contribution is 5.94. The molecule has 1 rings (SSSR count). The van der Waals surface area contributed by atoms with Gasteiger partial charge in [-0.1, -0.05) is 38.1 Å². The van der Waals surface area contributed by atoms with Gasteiger partial charge in [0, 0.05) is 0 Å². The van der Waals surface area contributed by atoms with Crippen molar-refractivity contribution in [3.63, 3.8) is 0 Å². The van der Waals surface area contributed by atoms with Crippen LogP contribution in [0, 0.1) is 5.92 Å². The molecule has 0 fully saturated rings. The zero-order valence-corrected chi connectivity index (χ0v) is 13.9. The van der Waals surface area contributed by atoms with Crippen LogP contribution in [-0.2, 0) is 25.5 Å². The maximum Gasteiger partial charge on any atom is 0.320 e. The molecule has 0 aromatic heterocycles. The molecule has 0 amide bonds. The van der Waals surface area contributed by atoms with Gasteiger partial charge >= 0.3 is 11.9 Å². The van der Waals surface area contributed by atoms with E-state index in [1.54, 1.807) is 13.8 Å². The first-order valence-electron chi connectivity index (χ1n) is 7.91. The summed E-state index contributed by atoms with van der Waals surface area (Å²) in [6, 6.07) is 8.26. The van der Waals surface area contributed by atoms with Crippen molar-refractivity contribution in [2.24, 2.45) is 5.92 Å². The molecule has 0 heterocycles. The summed E-state index contributed by atoms with van der Waals surface area (Å²) in [6.07, 6.45) is 1.04. The van der Waals surface area contributed by atoms with Crippen LogP contribution in [0.15, 0.2) is 24.3 Å². The summed E-state index contributed by atoms with van der Waals surface area (Å²) in [4.78, 5) is 23.8. The second-order valence-electron chi connectivity index (χ2n) is 5.49. The van der Waals surface area contributed by atoms with Gasteiger partial charge < -0.3 is 9.47 Å². The van der Waals surface area contributed by atoms with Crippen LogP contribution in [0.25, 0.3) is 0 Å². The number of hydrogen-bond donors (Lipinski definition) is 0. The third-order valence-corrected chi connectivity index (χ3v) is 3.51. The molecule has 122 valence electrons. The topological polar surface area (TPSA) is 52.6 Å². The van der Waals surface area contributed by atoms with Crippen molar-refractivity contribution in [2.75, 3.05) is 13.2 Å². The van der Waals surface area contributed by atoms with Gasteiger partial charge in [0.05, 0.1) is 13.2 Å². The average molecular weight is 306 g/mol. The summed E-state index contributed by atoms with van der Waals surface area (Å²) >= 11 is 0. The van der Waals surface area contributed by atoms with E-state index in [4.69, 9.17) is 9.47 Å². The quantitative estimate of drug-likeness (QED) is 0.545. The van der Waals surface area contributed by atoms with E-state index in [0.717, 1.165) is 5.56 Å². The van der Waals surface area contributed by atoms with Crippen molar-refractivity contribution in [3.05, 3.63) is 35.4 Å². The van der Waals surface area contributed by atoms with Crippen LogP contribution in [0.2, 0.25) is 0 Å². The summed E-state index contributed by atoms with van der Waals surface area (Å²) in [5.41, 5.74) is 2.37. The molecule has 0 unspecified atom stereocenters. The fourth-order valence-electron chi connectivity index (χ4n) is 2.20. The number of aryl methyl sites for hydroxylation is 1. The Bertz CT molecular complexity index is 458. The molecule has 0 N–H and O–H groups in total. The average Bonchev–Trinajstić information content (AvgIpc) is 2.48. The van der Waals surface area contributed by atoms with Crippen molar-refractivity contribution >= 4 is 11.9 Å². The number of carbonyl (C=O) groups is 2. The first-order valence-corrected chi connectivity index (χ1v) is 7.91. The number of esters is 2. The number of hydrogen-bond acceptors (Lipinski definition) is 4. The first-order chi connectivity index (χ1) is 10.5. The molecular formula is C18H26O4. The Morgan fingerprint density at radius 1 is 0.955 bits per heavy atom. The molecule has 1 aromatic rings. The van der Waals surface area contributed by atoms with E-state index in [-0.39, 0.29) is 13.2 Å². The van der Waals surface area contributed by atoms with E-state index >= 15 is 0 Å². The number of carbonyl (C=O) groups excluding carboxylic acids is 2. The highest BCUT2D eigenvalue weighted by Crippen LogP contribution is 2.18. The van der Waals surface area contributed by atoms with Gasteiger partial charge in [0.1, 0.15) is 0 Å². The predicted molar refractivity (Wildman–Crippen MR) is 85.6 cm³/mol. The lowest BCUT2D eigenvalue weighted by Crippen LogP contribution is -2.28. The monoisotopic (exact) mass is 306 g/mol. The minimum absolute atomic E-state index is 0.262. The Balaban J connectivity index is 2.69. The molecule has 0 saturated carbocycles. The van der Waals surface area contributed by atoms with E-state index in [9.17, 15) is 9.59 Å². The second-order valence-corrected chi connectivity index (χ2v) is 5.49. The van der Waals surface area contributed by atoms with Gasteiger partial charge in [-0.15, -0.1) is 0 Å². The van der Waals surface area contributed by atoms with Crippen molar-refractivity contribution < 1.29 is 19.1 Å². The van der Waals surface area contributed by atoms with E-state index in [1.807, 2.05) is 12.1 Å². The lowest BCUT2D eigenvalue weighted by Gasteiger charge is -2.14. The van der Waals surface area contributed by atoms with Crippen LogP contribution < -0.4 is 0 Å². The lowest BCUT2D eigenvalue weighted by molar-refractivity contribution is -0.161. The number of benzene rings is 1. The summed E-state index contributed by atoms with van der Waals surface area (Å²) in [5.74, 6) is -1.36. The Labute approximate surface area is 132 Å². The molecule has 0 saturated heterocycles. The molecule has 0 aliphatic rings. The largest absolute Gasteiger partial charge is 0.465 e. The normalized spacial score (nSPS) is 10.8. The van der Waals surface area contributed by atoms with Gasteiger partial charge in [-0.05, 0) is 43.7 Å². The van der Waals surface area contributed by atoms with Crippen molar-refractivity contribution in [1.82, 2.24) is 0 Å². The minimum Gasteiger partial charge on any atom is -0.465 e. The lowest BCUT2D eigenvalue weighted by atomic mass is 9.97. The van der Waals surface area contributed by atoms with E-state index in [1.165, 1.54) is 5.56 Å². The number of ether oxygens (including phenoxy) is 2. The van der Waals surface area contributed by atoms with Crippen LogP contribution in [0.5, 0.6) is 0 Å². The Hall–Kier alpha value is -1.84. The molecule has 0 bridgehead atoms. The second kappa shape index (κ2) is 9.23. The van der Waals surface area contributed by atoms with Crippen LogP contribution in [-0.4, -0.2) is 25.2 Å². The van der Waals surface area contributed by atoms with Gasteiger partial charge in [0.15, 0.2) is 5.92 Å². The maximum atomic E-state index is 11.9. The van der Waals surface area contributed by atoms with E-state index in [2.05, 4.69) is 26.0 Å². The summed E-state index contributed by atoms with van der Waals surface area (Å²) in [5, 5.41) is 0. The van der Waals surface area contributed by atoms with Crippen LogP contribution in [0.4, 0.5) is 0 Å². The Morgan fingerprint density at radius 3 is 1.86 bits per heavy atom. The maximum absolute atomic E-state index is 11.9. The summed E-state index contributed by atoms with van der Waals surface area (Å²) in [6.45, 7) is 8.27. The SMILES string of the molecule is CCOC(=O)C(CCc1ccc(C(C)C)cc1)C(=O)OCC. The fraction of sp³-hybridized carbons (Fsp3) is 0.556. The predicted octanol–water partition coefficient (Wildman–Crippen LogP) is 3.49. The zero-order chi connectivity index (χ0) is 16.5. The number of rotatable bonds is 8. The zero-order valence-electron chi connectivity index (χ0n) is 13.9. The van der Waals surface area contributed by atoms with E-state index in [0.29, 0.717) is 18.8 Å². The third-order valence-electron chi connectivity index (χ3n) is 3.51. The summed E-state index contributed by atoms with van der Waals surface area (Å²) < 4.78 is 9.94. The first kappa shape index (κ1) is 18.2. The third kappa shape index (κ3) is 5.51. The van der Waals surface area contributed by atoms with Crippen LogP contribution in [0.1, 0.15) is 51.2 Å². The smallest absolute Gasteiger partial charge is 0.320 e. The van der Waals surface area contributed by atoms with E-state index < -0.39 is 17.9 Å². The van der Waals surface area contributed by atoms with Gasteiger partial charge in [0.2, 0.25) is 0 Å². The minimum atomic E-state index is -0.843. The molecule has 0 radical (unpaired) electrons. The molecule has 22 heavy (non-hydrogen) atoms. The van der Waals surface area contributed by atoms with Gasteiger partial charge in [0.25, 0.3) is 0 Å². The van der Waals surface area contributed by atoms with Crippen molar-refractivity contribution in [2.45, 2.75) is 46.5 Å². The highest BCUT2D eigenvalue weighted by atomic mass is 16.6. The molecule has 0 atom stereocenters. The molecule has 0 spiro atoms. The van der Waals surface area contributed by atoms with Gasteiger partial charge in [-0.2, -0.15) is 0 Å².